The highest BCUT2D eigenvalue weighted by Gasteiger charge is 2.00. The number of anilines is 2. The van der Waals surface area contributed by atoms with Crippen molar-refractivity contribution < 1.29 is 9.53 Å². The van der Waals surface area contributed by atoms with Crippen molar-refractivity contribution in [2.45, 2.75) is 6.54 Å². The molecule has 2 rings (SSSR count). The summed E-state index contributed by atoms with van der Waals surface area (Å²) in [5, 5.41) is 5.87. The number of amides is 1. The average molecular weight is 336 g/mol. The fourth-order valence-corrected chi connectivity index (χ4v) is 1.95. The number of nitrogens with zero attached hydrogens (tertiary/aromatic N) is 1. The molecule has 6 heteroatoms. The molecule has 0 unspecified atom stereocenters. The standard InChI is InChI=1S/C14H14BrN3O2/c1-20-14(19)18-12-4-2-10(3-5-12)7-17-13-6-11(15)8-16-9-13/h2-6,8-9,17H,7H2,1H3,(H,18,19). The topological polar surface area (TPSA) is 63.2 Å². The molecule has 1 aromatic heterocycles. The van der Waals surface area contributed by atoms with Crippen molar-refractivity contribution in [2.75, 3.05) is 17.7 Å². The first-order chi connectivity index (χ1) is 9.67. The molecule has 1 amide bonds. The maximum atomic E-state index is 11.1. The molecule has 0 saturated carbocycles. The summed E-state index contributed by atoms with van der Waals surface area (Å²) >= 11 is 3.37. The average Bonchev–Trinajstić information content (AvgIpc) is 2.46. The quantitative estimate of drug-likeness (QED) is 0.895. The number of methoxy groups -OCH3 is 1. The van der Waals surface area contributed by atoms with E-state index in [9.17, 15) is 4.79 Å². The predicted molar refractivity (Wildman–Crippen MR) is 81.7 cm³/mol. The smallest absolute Gasteiger partial charge is 0.411 e. The first-order valence-corrected chi connectivity index (χ1v) is 6.75. The Bertz CT molecular complexity index is 587. The van der Waals surface area contributed by atoms with E-state index in [1.165, 1.54) is 7.11 Å². The monoisotopic (exact) mass is 335 g/mol. The Morgan fingerprint density at radius 1 is 1.25 bits per heavy atom. The molecular weight excluding hydrogens is 322 g/mol. The number of aromatic nitrogens is 1. The summed E-state index contributed by atoms with van der Waals surface area (Å²) in [5.41, 5.74) is 2.74. The minimum atomic E-state index is -0.476. The van der Waals surface area contributed by atoms with Crippen LogP contribution in [0.5, 0.6) is 0 Å². The lowest BCUT2D eigenvalue weighted by Crippen LogP contribution is -2.10. The summed E-state index contributed by atoms with van der Waals surface area (Å²) in [6.45, 7) is 0.677. The van der Waals surface area contributed by atoms with E-state index in [4.69, 9.17) is 0 Å². The van der Waals surface area contributed by atoms with Gasteiger partial charge in [-0.2, -0.15) is 0 Å². The molecule has 0 aliphatic heterocycles. The first-order valence-electron chi connectivity index (χ1n) is 5.96. The molecule has 2 aromatic rings. The summed E-state index contributed by atoms with van der Waals surface area (Å²) in [6, 6.07) is 9.48. The van der Waals surface area contributed by atoms with Gasteiger partial charge < -0.3 is 10.1 Å². The lowest BCUT2D eigenvalue weighted by Gasteiger charge is -2.08. The largest absolute Gasteiger partial charge is 0.453 e. The fourth-order valence-electron chi connectivity index (χ4n) is 1.59. The molecule has 0 saturated heterocycles. The van der Waals surface area contributed by atoms with Crippen molar-refractivity contribution >= 4 is 33.4 Å². The van der Waals surface area contributed by atoms with Crippen molar-refractivity contribution in [3.63, 3.8) is 0 Å². The Morgan fingerprint density at radius 2 is 2.00 bits per heavy atom. The van der Waals surface area contributed by atoms with Crippen molar-refractivity contribution in [2.24, 2.45) is 0 Å². The maximum Gasteiger partial charge on any atom is 0.411 e. The molecule has 0 fully saturated rings. The SMILES string of the molecule is COC(=O)Nc1ccc(CNc2cncc(Br)c2)cc1. The summed E-state index contributed by atoms with van der Waals surface area (Å²) in [4.78, 5) is 15.1. The van der Waals surface area contributed by atoms with Crippen molar-refractivity contribution in [1.82, 2.24) is 4.98 Å². The van der Waals surface area contributed by atoms with Gasteiger partial charge in [0.2, 0.25) is 0 Å². The molecule has 1 heterocycles. The van der Waals surface area contributed by atoms with Crippen LogP contribution in [0, 0.1) is 0 Å². The Labute approximate surface area is 125 Å². The number of ether oxygens (including phenoxy) is 1. The molecule has 0 bridgehead atoms. The van der Waals surface area contributed by atoms with Gasteiger partial charge in [-0.15, -0.1) is 0 Å². The zero-order valence-corrected chi connectivity index (χ0v) is 12.5. The number of benzene rings is 1. The zero-order valence-electron chi connectivity index (χ0n) is 10.9. The summed E-state index contributed by atoms with van der Waals surface area (Å²) in [7, 11) is 1.33. The highest BCUT2D eigenvalue weighted by molar-refractivity contribution is 9.10. The van der Waals surface area contributed by atoms with E-state index in [0.717, 1.165) is 15.7 Å². The van der Waals surface area contributed by atoms with E-state index < -0.39 is 6.09 Å². The third-order valence-electron chi connectivity index (χ3n) is 2.59. The second-order valence-electron chi connectivity index (χ2n) is 4.06. The Kier molecular flexibility index (Phi) is 4.95. The molecule has 0 atom stereocenters. The normalized spacial score (nSPS) is 9.90. The van der Waals surface area contributed by atoms with Crippen LogP contribution in [0.25, 0.3) is 0 Å². The van der Waals surface area contributed by atoms with E-state index in [0.29, 0.717) is 12.2 Å². The second-order valence-corrected chi connectivity index (χ2v) is 4.97. The maximum absolute atomic E-state index is 11.1. The number of hydrogen-bond donors (Lipinski definition) is 2. The highest BCUT2D eigenvalue weighted by Crippen LogP contribution is 2.15. The van der Waals surface area contributed by atoms with Crippen molar-refractivity contribution in [1.29, 1.82) is 0 Å². The fraction of sp³-hybridized carbons (Fsp3) is 0.143. The molecular formula is C14H14BrN3O2. The van der Waals surface area contributed by atoms with E-state index in [-0.39, 0.29) is 0 Å². The predicted octanol–water partition coefficient (Wildman–Crippen LogP) is 3.63. The van der Waals surface area contributed by atoms with Gasteiger partial charge in [0.25, 0.3) is 0 Å². The van der Waals surface area contributed by atoms with Gasteiger partial charge in [-0.3, -0.25) is 10.3 Å². The number of pyridine rings is 1. The van der Waals surface area contributed by atoms with Crippen LogP contribution in [0.3, 0.4) is 0 Å². The Morgan fingerprint density at radius 3 is 2.65 bits per heavy atom. The lowest BCUT2D eigenvalue weighted by molar-refractivity contribution is 0.187. The van der Waals surface area contributed by atoms with Gasteiger partial charge in [0.15, 0.2) is 0 Å². The molecule has 0 spiro atoms. The van der Waals surface area contributed by atoms with Gasteiger partial charge in [-0.1, -0.05) is 12.1 Å². The van der Waals surface area contributed by atoms with E-state index >= 15 is 0 Å². The van der Waals surface area contributed by atoms with E-state index in [1.54, 1.807) is 12.4 Å². The van der Waals surface area contributed by atoms with E-state index in [2.05, 4.69) is 36.3 Å². The Balaban J connectivity index is 1.92. The number of carbonyl (C=O) groups is 1. The summed E-state index contributed by atoms with van der Waals surface area (Å²) in [6.07, 6.45) is 3.02. The number of hydrogen-bond acceptors (Lipinski definition) is 4. The third-order valence-corrected chi connectivity index (χ3v) is 3.02. The van der Waals surface area contributed by atoms with Crippen LogP contribution < -0.4 is 10.6 Å². The molecule has 0 aliphatic rings. The number of halogens is 1. The Hall–Kier alpha value is -2.08. The van der Waals surface area contributed by atoms with Gasteiger partial charge in [0, 0.05) is 22.9 Å². The molecule has 5 nitrogen and oxygen atoms in total. The van der Waals surface area contributed by atoms with Gasteiger partial charge in [0.05, 0.1) is 19.0 Å². The van der Waals surface area contributed by atoms with Crippen molar-refractivity contribution in [3.05, 3.63) is 52.8 Å². The zero-order chi connectivity index (χ0) is 14.4. The molecule has 20 heavy (non-hydrogen) atoms. The van der Waals surface area contributed by atoms with Crippen LogP contribution in [-0.4, -0.2) is 18.2 Å². The summed E-state index contributed by atoms with van der Waals surface area (Å²) in [5.74, 6) is 0. The van der Waals surface area contributed by atoms with Gasteiger partial charge in [0.1, 0.15) is 0 Å². The molecule has 1 aromatic carbocycles. The third kappa shape index (κ3) is 4.24. The summed E-state index contributed by atoms with van der Waals surface area (Å²) < 4.78 is 5.46. The van der Waals surface area contributed by atoms with Crippen molar-refractivity contribution in [3.8, 4) is 0 Å². The molecule has 0 radical (unpaired) electrons. The number of carbonyl (C=O) groups excluding carboxylic acids is 1. The van der Waals surface area contributed by atoms with Crippen LogP contribution >= 0.6 is 15.9 Å². The van der Waals surface area contributed by atoms with Gasteiger partial charge in [-0.25, -0.2) is 4.79 Å². The molecule has 104 valence electrons. The van der Waals surface area contributed by atoms with E-state index in [1.807, 2.05) is 30.3 Å². The highest BCUT2D eigenvalue weighted by atomic mass is 79.9. The minimum absolute atomic E-state index is 0.476. The first kappa shape index (κ1) is 14.3. The van der Waals surface area contributed by atoms with Gasteiger partial charge >= 0.3 is 6.09 Å². The van der Waals surface area contributed by atoms with Crippen LogP contribution in [-0.2, 0) is 11.3 Å². The molecule has 0 aliphatic carbocycles. The van der Waals surface area contributed by atoms with Crippen LogP contribution in [0.4, 0.5) is 16.2 Å². The minimum Gasteiger partial charge on any atom is -0.453 e. The molecule has 2 N–H and O–H groups in total. The van der Waals surface area contributed by atoms with Gasteiger partial charge in [-0.05, 0) is 39.7 Å². The van der Waals surface area contributed by atoms with Crippen LogP contribution in [0.2, 0.25) is 0 Å². The van der Waals surface area contributed by atoms with Crippen LogP contribution in [0.15, 0.2) is 47.2 Å². The number of nitrogens with one attached hydrogen (secondary N) is 2. The second kappa shape index (κ2) is 6.91. The number of rotatable bonds is 4. The lowest BCUT2D eigenvalue weighted by atomic mass is 10.2. The van der Waals surface area contributed by atoms with Crippen LogP contribution in [0.1, 0.15) is 5.56 Å².